The van der Waals surface area contributed by atoms with E-state index in [4.69, 9.17) is 0 Å². The van der Waals surface area contributed by atoms with Gasteiger partial charge in [-0.15, -0.1) is 0 Å². The molecule has 0 atom stereocenters. The molecule has 0 fully saturated rings. The molecule has 0 aromatic heterocycles. The number of nitrogens with zero attached hydrogens (tertiary/aromatic N) is 1. The van der Waals surface area contributed by atoms with Crippen LogP contribution < -0.4 is 4.90 Å². The van der Waals surface area contributed by atoms with Crippen molar-refractivity contribution in [1.82, 2.24) is 0 Å². The van der Waals surface area contributed by atoms with Gasteiger partial charge < -0.3 is 4.90 Å². The Bertz CT molecular complexity index is 2540. The molecule has 1 heteroatoms. The van der Waals surface area contributed by atoms with Crippen molar-refractivity contribution in [3.8, 4) is 55.6 Å². The second-order valence-electron chi connectivity index (χ2n) is 13.4. The Labute approximate surface area is 311 Å². The average molecular weight is 676 g/mol. The highest BCUT2D eigenvalue weighted by Crippen LogP contribution is 2.39. The minimum atomic E-state index is 1.10. The van der Waals surface area contributed by atoms with E-state index in [1.54, 1.807) is 0 Å². The molecule has 0 saturated heterocycles. The fraction of sp³-hybridized carbons (Fsp3) is 0. The summed E-state index contributed by atoms with van der Waals surface area (Å²) in [6.07, 6.45) is 0. The first-order chi connectivity index (χ1) is 26.3. The van der Waals surface area contributed by atoms with Crippen molar-refractivity contribution in [3.63, 3.8) is 0 Å². The van der Waals surface area contributed by atoms with E-state index in [0.717, 1.165) is 17.1 Å². The van der Waals surface area contributed by atoms with E-state index in [1.165, 1.54) is 66.4 Å². The Morgan fingerprint density at radius 1 is 0.226 bits per heavy atom. The molecule has 0 heterocycles. The second-order valence-corrected chi connectivity index (χ2v) is 13.4. The summed E-state index contributed by atoms with van der Waals surface area (Å²) in [5.74, 6) is 0. The lowest BCUT2D eigenvalue weighted by atomic mass is 9.94. The van der Waals surface area contributed by atoms with Crippen molar-refractivity contribution in [2.24, 2.45) is 0 Å². The van der Waals surface area contributed by atoms with E-state index in [9.17, 15) is 0 Å². The fourth-order valence-electron chi connectivity index (χ4n) is 7.35. The highest BCUT2D eigenvalue weighted by atomic mass is 15.1. The highest BCUT2D eigenvalue weighted by Gasteiger charge is 2.15. The monoisotopic (exact) mass is 675 g/mol. The molecule has 0 amide bonds. The summed E-state index contributed by atoms with van der Waals surface area (Å²) in [6.45, 7) is 0. The molecule has 0 bridgehead atoms. The van der Waals surface area contributed by atoms with Gasteiger partial charge in [-0.25, -0.2) is 0 Å². The van der Waals surface area contributed by atoms with E-state index >= 15 is 0 Å². The van der Waals surface area contributed by atoms with Crippen LogP contribution in [0.5, 0.6) is 0 Å². The largest absolute Gasteiger partial charge is 0.310 e. The summed E-state index contributed by atoms with van der Waals surface area (Å²) in [6, 6.07) is 80.8. The van der Waals surface area contributed by atoms with Gasteiger partial charge in [-0.1, -0.05) is 176 Å². The summed E-state index contributed by atoms with van der Waals surface area (Å²) in [5.41, 5.74) is 15.4. The SMILES string of the molecule is c1ccc(-c2ccc(N(c3ccc(-c4ccccc4)cc3)c3cccc(-c4cccc(-c5ccc6c(-c7ccccc7)cccc6c5)c4)c3)cc2)cc1. The molecule has 0 radical (unpaired) electrons. The number of benzene rings is 9. The van der Waals surface area contributed by atoms with E-state index in [0.29, 0.717) is 0 Å². The third-order valence-electron chi connectivity index (χ3n) is 10.1. The van der Waals surface area contributed by atoms with Gasteiger partial charge in [0.1, 0.15) is 0 Å². The summed E-state index contributed by atoms with van der Waals surface area (Å²) in [4.78, 5) is 2.35. The van der Waals surface area contributed by atoms with Crippen molar-refractivity contribution < 1.29 is 0 Å². The van der Waals surface area contributed by atoms with E-state index in [-0.39, 0.29) is 0 Å². The topological polar surface area (TPSA) is 3.24 Å². The summed E-state index contributed by atoms with van der Waals surface area (Å²) >= 11 is 0. The lowest BCUT2D eigenvalue weighted by Crippen LogP contribution is -2.10. The van der Waals surface area contributed by atoms with Gasteiger partial charge in [0, 0.05) is 17.1 Å². The molecule has 1 nitrogen and oxygen atoms in total. The first-order valence-electron chi connectivity index (χ1n) is 18.2. The lowest BCUT2D eigenvalue weighted by molar-refractivity contribution is 1.28. The Balaban J connectivity index is 1.08. The highest BCUT2D eigenvalue weighted by molar-refractivity contribution is 5.99. The number of hydrogen-bond acceptors (Lipinski definition) is 1. The van der Waals surface area contributed by atoms with Gasteiger partial charge in [0.25, 0.3) is 0 Å². The van der Waals surface area contributed by atoms with E-state index in [1.807, 2.05) is 0 Å². The van der Waals surface area contributed by atoms with Gasteiger partial charge in [-0.2, -0.15) is 0 Å². The van der Waals surface area contributed by atoms with Crippen LogP contribution in [0.4, 0.5) is 17.1 Å². The Hall–Kier alpha value is -6.96. The van der Waals surface area contributed by atoms with E-state index in [2.05, 4.69) is 229 Å². The van der Waals surface area contributed by atoms with Crippen LogP contribution in [0, 0.1) is 0 Å². The van der Waals surface area contributed by atoms with Crippen LogP contribution in [0.15, 0.2) is 224 Å². The molecule has 9 aromatic rings. The predicted molar refractivity (Wildman–Crippen MR) is 226 cm³/mol. The molecule has 0 spiro atoms. The minimum Gasteiger partial charge on any atom is -0.310 e. The average Bonchev–Trinajstić information content (AvgIpc) is 3.25. The molecule has 0 N–H and O–H groups in total. The van der Waals surface area contributed by atoms with Gasteiger partial charge in [0.05, 0.1) is 0 Å². The first-order valence-corrected chi connectivity index (χ1v) is 18.2. The standard InChI is InChI=1S/C52H37N/c1-4-13-38(14-5-1)40-25-30-48(31-26-40)53(49-32-27-41(28-33-49)39-15-6-2-7-16-39)50-23-11-21-45(37-50)43-19-10-20-44(35-43)46-29-34-52-47(36-46)22-12-24-51(52)42-17-8-3-9-18-42/h1-37H. The molecule has 53 heavy (non-hydrogen) atoms. The van der Waals surface area contributed by atoms with Crippen LogP contribution in [0.2, 0.25) is 0 Å². The van der Waals surface area contributed by atoms with Crippen LogP contribution >= 0.6 is 0 Å². The van der Waals surface area contributed by atoms with Crippen molar-refractivity contribution in [2.45, 2.75) is 0 Å². The maximum atomic E-state index is 2.35. The van der Waals surface area contributed by atoms with Gasteiger partial charge in [-0.3, -0.25) is 0 Å². The molecular weight excluding hydrogens is 639 g/mol. The van der Waals surface area contributed by atoms with Gasteiger partial charge in [0.15, 0.2) is 0 Å². The van der Waals surface area contributed by atoms with Gasteiger partial charge >= 0.3 is 0 Å². The number of hydrogen-bond donors (Lipinski definition) is 0. The molecule has 0 aliphatic rings. The van der Waals surface area contributed by atoms with Crippen molar-refractivity contribution >= 4 is 27.8 Å². The number of rotatable bonds is 8. The quantitative estimate of drug-likeness (QED) is 0.155. The molecule has 0 saturated carbocycles. The summed E-state index contributed by atoms with van der Waals surface area (Å²) in [7, 11) is 0. The second kappa shape index (κ2) is 14.3. The summed E-state index contributed by atoms with van der Waals surface area (Å²) < 4.78 is 0. The predicted octanol–water partition coefficient (Wildman–Crippen LogP) is 14.6. The van der Waals surface area contributed by atoms with Crippen LogP contribution in [-0.2, 0) is 0 Å². The zero-order valence-corrected chi connectivity index (χ0v) is 29.3. The first kappa shape index (κ1) is 32.0. The third-order valence-corrected chi connectivity index (χ3v) is 10.1. The normalized spacial score (nSPS) is 11.0. The third kappa shape index (κ3) is 6.65. The van der Waals surface area contributed by atoms with Crippen LogP contribution in [-0.4, -0.2) is 0 Å². The van der Waals surface area contributed by atoms with Crippen LogP contribution in [0.1, 0.15) is 0 Å². The lowest BCUT2D eigenvalue weighted by Gasteiger charge is -2.26. The van der Waals surface area contributed by atoms with Gasteiger partial charge in [0.2, 0.25) is 0 Å². The van der Waals surface area contributed by atoms with Crippen molar-refractivity contribution in [2.75, 3.05) is 4.90 Å². The maximum absolute atomic E-state index is 2.35. The van der Waals surface area contributed by atoms with E-state index < -0.39 is 0 Å². The maximum Gasteiger partial charge on any atom is 0.0467 e. The molecular formula is C52H37N. The molecule has 0 aliphatic heterocycles. The Kier molecular flexibility index (Phi) is 8.66. The Morgan fingerprint density at radius 3 is 1.21 bits per heavy atom. The Morgan fingerprint density at radius 2 is 0.642 bits per heavy atom. The molecule has 0 aliphatic carbocycles. The fourth-order valence-corrected chi connectivity index (χ4v) is 7.35. The van der Waals surface area contributed by atoms with Crippen LogP contribution in [0.25, 0.3) is 66.4 Å². The minimum absolute atomic E-state index is 1.10. The molecule has 9 rings (SSSR count). The number of fused-ring (bicyclic) bond motifs is 1. The van der Waals surface area contributed by atoms with Crippen molar-refractivity contribution in [1.29, 1.82) is 0 Å². The van der Waals surface area contributed by atoms with Crippen LogP contribution in [0.3, 0.4) is 0 Å². The molecule has 9 aromatic carbocycles. The zero-order chi connectivity index (χ0) is 35.4. The molecule has 0 unspecified atom stereocenters. The smallest absolute Gasteiger partial charge is 0.0467 e. The summed E-state index contributed by atoms with van der Waals surface area (Å²) in [5, 5.41) is 2.50. The van der Waals surface area contributed by atoms with Crippen molar-refractivity contribution in [3.05, 3.63) is 224 Å². The molecule has 250 valence electrons. The zero-order valence-electron chi connectivity index (χ0n) is 29.3. The van der Waals surface area contributed by atoms with Gasteiger partial charge in [-0.05, 0) is 115 Å². The number of anilines is 3.